The molecule has 0 radical (unpaired) electrons. The van der Waals surface area contributed by atoms with Crippen LogP contribution in [0.3, 0.4) is 0 Å². The number of anilines is 3. The molecule has 0 spiro atoms. The van der Waals surface area contributed by atoms with E-state index in [2.05, 4.69) is 30.9 Å². The van der Waals surface area contributed by atoms with Crippen molar-refractivity contribution in [2.75, 3.05) is 17.7 Å². The number of benzene rings is 1. The summed E-state index contributed by atoms with van der Waals surface area (Å²) in [5.41, 5.74) is 0.927. The van der Waals surface area contributed by atoms with Crippen molar-refractivity contribution in [3.05, 3.63) is 48.4 Å². The fourth-order valence-corrected chi connectivity index (χ4v) is 2.79. The molecule has 1 aliphatic carbocycles. The summed E-state index contributed by atoms with van der Waals surface area (Å²) < 4.78 is 7.10. The van der Waals surface area contributed by atoms with E-state index in [1.807, 2.05) is 0 Å². The Labute approximate surface area is 170 Å². The number of carboxylic acids is 1. The Morgan fingerprint density at radius 3 is 2.63 bits per heavy atom. The number of para-hydroxylation sites is 1. The van der Waals surface area contributed by atoms with Gasteiger partial charge in [0, 0.05) is 13.1 Å². The molecule has 30 heavy (non-hydrogen) atoms. The van der Waals surface area contributed by atoms with Crippen LogP contribution in [0.15, 0.2) is 42.7 Å². The monoisotopic (exact) mass is 407 g/mol. The summed E-state index contributed by atoms with van der Waals surface area (Å²) >= 11 is 0. The molecule has 3 aromatic rings. The van der Waals surface area contributed by atoms with Crippen molar-refractivity contribution < 1.29 is 19.4 Å². The summed E-state index contributed by atoms with van der Waals surface area (Å²) in [6.07, 6.45) is 5.03. The number of aryl methyl sites for hydroxylation is 1. The highest BCUT2D eigenvalue weighted by atomic mass is 16.5. The average molecular weight is 407 g/mol. The molecule has 2 aromatic heterocycles. The molecule has 11 heteroatoms. The SMILES string of the molecule is COc1c(Nc2cc(NC(=O)C3C=C3)nnc2C(=O)O)cccc1-c1ncn(C)n1. The Morgan fingerprint density at radius 1 is 1.20 bits per heavy atom. The molecule has 0 unspecified atom stereocenters. The second-order valence-corrected chi connectivity index (χ2v) is 6.45. The lowest BCUT2D eigenvalue weighted by atomic mass is 10.1. The number of amides is 1. The molecule has 0 atom stereocenters. The number of carboxylic acid groups (broad SMARTS) is 1. The van der Waals surface area contributed by atoms with Gasteiger partial charge in [0.15, 0.2) is 23.1 Å². The molecule has 11 nitrogen and oxygen atoms in total. The fourth-order valence-electron chi connectivity index (χ4n) is 2.79. The van der Waals surface area contributed by atoms with Crippen molar-refractivity contribution in [1.82, 2.24) is 25.0 Å². The summed E-state index contributed by atoms with van der Waals surface area (Å²) in [4.78, 5) is 27.8. The molecule has 4 rings (SSSR count). The van der Waals surface area contributed by atoms with E-state index < -0.39 is 5.97 Å². The highest BCUT2D eigenvalue weighted by Crippen LogP contribution is 2.37. The molecule has 3 N–H and O–H groups in total. The third kappa shape index (κ3) is 3.81. The second kappa shape index (κ2) is 7.62. The van der Waals surface area contributed by atoms with E-state index in [1.165, 1.54) is 13.2 Å². The van der Waals surface area contributed by atoms with Crippen molar-refractivity contribution in [3.63, 3.8) is 0 Å². The number of methoxy groups -OCH3 is 1. The largest absolute Gasteiger partial charge is 0.494 e. The molecule has 152 valence electrons. The van der Waals surface area contributed by atoms with Crippen LogP contribution in [-0.2, 0) is 11.8 Å². The first-order valence-electron chi connectivity index (χ1n) is 8.86. The van der Waals surface area contributed by atoms with E-state index in [9.17, 15) is 14.7 Å². The topological polar surface area (TPSA) is 144 Å². The van der Waals surface area contributed by atoms with Crippen LogP contribution in [0.25, 0.3) is 11.4 Å². The predicted octanol–water partition coefficient (Wildman–Crippen LogP) is 1.85. The van der Waals surface area contributed by atoms with Crippen LogP contribution in [-0.4, -0.2) is 49.1 Å². The normalized spacial score (nSPS) is 12.5. The Kier molecular flexibility index (Phi) is 4.84. The summed E-state index contributed by atoms with van der Waals surface area (Å²) in [7, 11) is 3.24. The van der Waals surface area contributed by atoms with Crippen LogP contribution in [0.1, 0.15) is 10.5 Å². The van der Waals surface area contributed by atoms with Crippen LogP contribution >= 0.6 is 0 Å². The van der Waals surface area contributed by atoms with Crippen molar-refractivity contribution in [3.8, 4) is 17.1 Å². The van der Waals surface area contributed by atoms with E-state index in [0.29, 0.717) is 22.8 Å². The van der Waals surface area contributed by atoms with Gasteiger partial charge in [0.05, 0.1) is 30.0 Å². The number of aromatic nitrogens is 5. The molecule has 0 bridgehead atoms. The van der Waals surface area contributed by atoms with E-state index in [4.69, 9.17) is 4.74 Å². The quantitative estimate of drug-likeness (QED) is 0.500. The summed E-state index contributed by atoms with van der Waals surface area (Å²) in [5, 5.41) is 26.9. The number of nitrogens with zero attached hydrogens (tertiary/aromatic N) is 5. The first kappa shape index (κ1) is 19.1. The zero-order chi connectivity index (χ0) is 21.3. The minimum absolute atomic E-state index is 0.128. The van der Waals surface area contributed by atoms with E-state index >= 15 is 0 Å². The fraction of sp³-hybridized carbons (Fsp3) is 0.158. The Bertz CT molecular complexity index is 1170. The highest BCUT2D eigenvalue weighted by molar-refractivity contribution is 5.98. The summed E-state index contributed by atoms with van der Waals surface area (Å²) in [6.45, 7) is 0. The van der Waals surface area contributed by atoms with Gasteiger partial charge in [-0.2, -0.15) is 5.10 Å². The zero-order valence-electron chi connectivity index (χ0n) is 16.0. The minimum Gasteiger partial charge on any atom is -0.494 e. The summed E-state index contributed by atoms with van der Waals surface area (Å²) in [6, 6.07) is 6.66. The van der Waals surface area contributed by atoms with Gasteiger partial charge in [-0.15, -0.1) is 10.2 Å². The maximum absolute atomic E-state index is 12.0. The number of nitrogens with one attached hydrogen (secondary N) is 2. The van der Waals surface area contributed by atoms with Crippen molar-refractivity contribution >= 4 is 29.1 Å². The van der Waals surface area contributed by atoms with E-state index in [1.54, 1.807) is 48.4 Å². The lowest BCUT2D eigenvalue weighted by Crippen LogP contribution is -2.17. The number of carbonyl (C=O) groups excluding carboxylic acids is 1. The smallest absolute Gasteiger partial charge is 0.358 e. The first-order valence-corrected chi connectivity index (χ1v) is 8.86. The Morgan fingerprint density at radius 2 is 2.00 bits per heavy atom. The van der Waals surface area contributed by atoms with Crippen LogP contribution in [0, 0.1) is 5.92 Å². The van der Waals surface area contributed by atoms with Gasteiger partial charge in [-0.05, 0) is 12.1 Å². The van der Waals surface area contributed by atoms with Crippen LogP contribution in [0.5, 0.6) is 5.75 Å². The average Bonchev–Trinajstić information content (AvgIpc) is 3.49. The molecular formula is C19H17N7O4. The maximum Gasteiger partial charge on any atom is 0.358 e. The highest BCUT2D eigenvalue weighted by Gasteiger charge is 2.23. The van der Waals surface area contributed by atoms with Gasteiger partial charge in [0.25, 0.3) is 0 Å². The van der Waals surface area contributed by atoms with E-state index in [-0.39, 0.29) is 29.0 Å². The van der Waals surface area contributed by atoms with Gasteiger partial charge in [0.2, 0.25) is 5.91 Å². The Balaban J connectivity index is 1.70. The van der Waals surface area contributed by atoms with Gasteiger partial charge < -0.3 is 20.5 Å². The number of rotatable bonds is 7. The third-order valence-electron chi connectivity index (χ3n) is 4.26. The Hall–Kier alpha value is -4.28. The number of ether oxygens (including phenoxy) is 1. The first-order chi connectivity index (χ1) is 14.5. The second-order valence-electron chi connectivity index (χ2n) is 6.45. The number of hydrogen-bond donors (Lipinski definition) is 3. The molecule has 0 aliphatic heterocycles. The van der Waals surface area contributed by atoms with Crippen molar-refractivity contribution in [2.24, 2.45) is 13.0 Å². The lowest BCUT2D eigenvalue weighted by molar-refractivity contribution is -0.116. The van der Waals surface area contributed by atoms with Gasteiger partial charge in [-0.1, -0.05) is 18.2 Å². The third-order valence-corrected chi connectivity index (χ3v) is 4.26. The molecule has 0 saturated carbocycles. The molecule has 1 aromatic carbocycles. The number of aromatic carboxylic acids is 1. The molecule has 0 saturated heterocycles. The van der Waals surface area contributed by atoms with Gasteiger partial charge in [-0.25, -0.2) is 9.78 Å². The zero-order valence-corrected chi connectivity index (χ0v) is 16.0. The maximum atomic E-state index is 12.0. The summed E-state index contributed by atoms with van der Waals surface area (Å²) in [5.74, 6) is -0.807. The van der Waals surface area contributed by atoms with Gasteiger partial charge >= 0.3 is 5.97 Å². The molecule has 0 fully saturated rings. The lowest BCUT2D eigenvalue weighted by Gasteiger charge is -2.15. The van der Waals surface area contributed by atoms with E-state index in [0.717, 1.165) is 0 Å². The standard InChI is InChI=1S/C19H17N7O4/c1-26-9-20-17(25-26)11-4-3-5-12(16(11)30-2)21-13-8-14(22-18(27)10-6-7-10)23-24-15(13)19(28)29/h3-10H,1-2H3,(H,28,29)(H2,21,22,23,27). The predicted molar refractivity (Wildman–Crippen MR) is 107 cm³/mol. The van der Waals surface area contributed by atoms with Crippen molar-refractivity contribution in [1.29, 1.82) is 0 Å². The number of carbonyl (C=O) groups is 2. The van der Waals surface area contributed by atoms with Crippen LogP contribution < -0.4 is 15.4 Å². The molecule has 2 heterocycles. The minimum atomic E-state index is -1.27. The van der Waals surface area contributed by atoms with Crippen molar-refractivity contribution in [2.45, 2.75) is 0 Å². The molecular weight excluding hydrogens is 390 g/mol. The van der Waals surface area contributed by atoms with Crippen LogP contribution in [0.4, 0.5) is 17.2 Å². The number of hydrogen-bond acceptors (Lipinski definition) is 8. The molecule has 1 amide bonds. The van der Waals surface area contributed by atoms with Gasteiger partial charge in [-0.3, -0.25) is 9.48 Å². The molecule has 1 aliphatic rings. The van der Waals surface area contributed by atoms with Gasteiger partial charge in [0.1, 0.15) is 6.33 Å². The van der Waals surface area contributed by atoms with Crippen LogP contribution in [0.2, 0.25) is 0 Å².